The van der Waals surface area contributed by atoms with E-state index in [-0.39, 0.29) is 0 Å². The van der Waals surface area contributed by atoms with Crippen LogP contribution in [-0.4, -0.2) is 22.4 Å². The molecule has 150 valence electrons. The molecule has 10 heteroatoms. The zero-order valence-electron chi connectivity index (χ0n) is 14.7. The number of rotatable bonds is 0. The Bertz CT molecular complexity index is 606. The van der Waals surface area contributed by atoms with E-state index in [0.29, 0.717) is 0 Å². The summed E-state index contributed by atoms with van der Waals surface area (Å²) in [5.74, 6) is 0. The first kappa shape index (κ1) is 25.9. The third-order valence-corrected chi connectivity index (χ3v) is 3.37. The quantitative estimate of drug-likeness (QED) is 0.231. The highest BCUT2D eigenvalue weighted by atomic mass is 35.5. The second-order valence-corrected chi connectivity index (χ2v) is 6.31. The minimum Gasteiger partial charge on any atom is -0.402 e. The first-order valence-corrected chi connectivity index (χ1v) is 8.81. The predicted octanol–water partition coefficient (Wildman–Crippen LogP) is 3.71. The Hall–Kier alpha value is -2.13. The van der Waals surface area contributed by atoms with Gasteiger partial charge in [0, 0.05) is 32.1 Å². The fourth-order valence-corrected chi connectivity index (χ4v) is 1.77. The Morgan fingerprint density at radius 1 is 0.464 bits per heavy atom. The standard InChI is InChI=1S/3C6H6ClN.BH3O3/c3*7-5-1-3-6(8)4-2-5;2-1(3)4/h3*1-4H,8H2;2-4H. The fourth-order valence-electron chi connectivity index (χ4n) is 1.39. The highest BCUT2D eigenvalue weighted by molar-refractivity contribution is 6.31. The second-order valence-electron chi connectivity index (χ2n) is 5.00. The van der Waals surface area contributed by atoms with E-state index in [1.54, 1.807) is 72.8 Å². The molecule has 28 heavy (non-hydrogen) atoms. The number of hydrogen-bond donors (Lipinski definition) is 6. The summed E-state index contributed by atoms with van der Waals surface area (Å²) in [4.78, 5) is 0. The van der Waals surface area contributed by atoms with Gasteiger partial charge in [-0.2, -0.15) is 0 Å². The van der Waals surface area contributed by atoms with Crippen LogP contribution in [0.5, 0.6) is 0 Å². The first-order valence-electron chi connectivity index (χ1n) is 7.67. The van der Waals surface area contributed by atoms with Gasteiger partial charge in [0.05, 0.1) is 0 Å². The molecule has 0 unspecified atom stereocenters. The van der Waals surface area contributed by atoms with Crippen LogP contribution in [0.2, 0.25) is 15.1 Å². The SMILES string of the molecule is Nc1ccc(Cl)cc1.Nc1ccc(Cl)cc1.Nc1ccc(Cl)cc1.OB(O)O. The molecule has 0 aliphatic carbocycles. The molecular weight excluding hydrogens is 423 g/mol. The molecule has 3 rings (SSSR count). The van der Waals surface area contributed by atoms with E-state index in [1.807, 2.05) is 0 Å². The van der Waals surface area contributed by atoms with E-state index < -0.39 is 7.32 Å². The van der Waals surface area contributed by atoms with Crippen molar-refractivity contribution in [1.82, 2.24) is 0 Å². The summed E-state index contributed by atoms with van der Waals surface area (Å²) in [5.41, 5.74) is 18.3. The Morgan fingerprint density at radius 3 is 0.714 bits per heavy atom. The number of anilines is 3. The van der Waals surface area contributed by atoms with E-state index >= 15 is 0 Å². The molecule has 0 heterocycles. The van der Waals surface area contributed by atoms with Crippen molar-refractivity contribution in [3.05, 3.63) is 87.9 Å². The molecule has 0 saturated carbocycles. The van der Waals surface area contributed by atoms with E-state index in [4.69, 9.17) is 67.1 Å². The minimum atomic E-state index is -2.17. The van der Waals surface area contributed by atoms with Gasteiger partial charge in [-0.3, -0.25) is 0 Å². The van der Waals surface area contributed by atoms with E-state index in [9.17, 15) is 0 Å². The smallest absolute Gasteiger partial charge is 0.402 e. The van der Waals surface area contributed by atoms with Gasteiger partial charge in [0.1, 0.15) is 0 Å². The van der Waals surface area contributed by atoms with Crippen LogP contribution in [0.15, 0.2) is 72.8 Å². The van der Waals surface area contributed by atoms with Crippen molar-refractivity contribution < 1.29 is 15.1 Å². The number of benzene rings is 3. The molecular formula is C18H21BCl3N3O3. The van der Waals surface area contributed by atoms with Gasteiger partial charge in [0.2, 0.25) is 0 Å². The van der Waals surface area contributed by atoms with Crippen molar-refractivity contribution in [2.75, 3.05) is 17.2 Å². The van der Waals surface area contributed by atoms with Crippen LogP contribution < -0.4 is 17.2 Å². The third kappa shape index (κ3) is 16.1. The molecule has 0 fully saturated rings. The molecule has 9 N–H and O–H groups in total. The van der Waals surface area contributed by atoms with Crippen LogP contribution >= 0.6 is 34.8 Å². The summed E-state index contributed by atoms with van der Waals surface area (Å²) >= 11 is 16.7. The van der Waals surface area contributed by atoms with Crippen LogP contribution in [0, 0.1) is 0 Å². The fraction of sp³-hybridized carbons (Fsp3) is 0. The summed E-state index contributed by atoms with van der Waals surface area (Å²) in [6, 6.07) is 21.2. The Kier molecular flexibility index (Phi) is 13.7. The summed E-state index contributed by atoms with van der Waals surface area (Å²) in [7, 11) is -2.17. The molecule has 0 aliphatic rings. The highest BCUT2D eigenvalue weighted by Crippen LogP contribution is 2.10. The highest BCUT2D eigenvalue weighted by Gasteiger charge is 1.92. The van der Waals surface area contributed by atoms with Crippen LogP contribution in [0.4, 0.5) is 17.1 Å². The largest absolute Gasteiger partial charge is 0.631 e. The van der Waals surface area contributed by atoms with Gasteiger partial charge in [0.25, 0.3) is 0 Å². The van der Waals surface area contributed by atoms with Crippen molar-refractivity contribution in [1.29, 1.82) is 0 Å². The lowest BCUT2D eigenvalue weighted by Gasteiger charge is -1.88. The van der Waals surface area contributed by atoms with Gasteiger partial charge in [-0.1, -0.05) is 34.8 Å². The van der Waals surface area contributed by atoms with Crippen molar-refractivity contribution in [2.24, 2.45) is 0 Å². The Balaban J connectivity index is 0.000000358. The molecule has 0 aliphatic heterocycles. The maximum Gasteiger partial charge on any atom is 0.631 e. The molecule has 0 spiro atoms. The molecule has 0 amide bonds. The summed E-state index contributed by atoms with van der Waals surface area (Å²) in [6.07, 6.45) is 0. The zero-order chi connectivity index (χ0) is 21.5. The monoisotopic (exact) mass is 443 g/mol. The van der Waals surface area contributed by atoms with Gasteiger partial charge in [0.15, 0.2) is 0 Å². The number of nitrogens with two attached hydrogens (primary N) is 3. The van der Waals surface area contributed by atoms with E-state index in [2.05, 4.69) is 0 Å². The predicted molar refractivity (Wildman–Crippen MR) is 120 cm³/mol. The van der Waals surface area contributed by atoms with Gasteiger partial charge in [-0.05, 0) is 72.8 Å². The van der Waals surface area contributed by atoms with E-state index in [1.165, 1.54) is 0 Å². The molecule has 3 aromatic rings. The lowest BCUT2D eigenvalue weighted by atomic mass is 10.3. The molecule has 0 aromatic heterocycles. The van der Waals surface area contributed by atoms with Crippen molar-refractivity contribution in [3.8, 4) is 0 Å². The first-order chi connectivity index (χ1) is 13.1. The van der Waals surface area contributed by atoms with Gasteiger partial charge >= 0.3 is 7.32 Å². The molecule has 6 nitrogen and oxygen atoms in total. The Morgan fingerprint density at radius 2 is 0.607 bits per heavy atom. The average Bonchev–Trinajstić information content (AvgIpc) is 2.63. The second kappa shape index (κ2) is 14.9. The van der Waals surface area contributed by atoms with Crippen molar-refractivity contribution in [2.45, 2.75) is 0 Å². The molecule has 0 bridgehead atoms. The number of halogens is 3. The van der Waals surface area contributed by atoms with Crippen LogP contribution in [0.1, 0.15) is 0 Å². The van der Waals surface area contributed by atoms with Gasteiger partial charge in [-0.25, -0.2) is 0 Å². The maximum absolute atomic E-state index is 7.17. The van der Waals surface area contributed by atoms with Crippen molar-refractivity contribution >= 4 is 59.2 Å². The average molecular weight is 445 g/mol. The Labute approximate surface area is 179 Å². The molecule has 0 saturated heterocycles. The zero-order valence-corrected chi connectivity index (χ0v) is 17.0. The maximum atomic E-state index is 7.17. The van der Waals surface area contributed by atoms with E-state index in [0.717, 1.165) is 32.1 Å². The molecule has 0 atom stereocenters. The van der Waals surface area contributed by atoms with Crippen LogP contribution in [0.25, 0.3) is 0 Å². The topological polar surface area (TPSA) is 139 Å². The summed E-state index contributed by atoms with van der Waals surface area (Å²) < 4.78 is 0. The normalized spacial score (nSPS) is 8.79. The van der Waals surface area contributed by atoms with Gasteiger partial charge < -0.3 is 32.3 Å². The molecule has 3 aromatic carbocycles. The van der Waals surface area contributed by atoms with Crippen LogP contribution in [0.3, 0.4) is 0 Å². The van der Waals surface area contributed by atoms with Crippen LogP contribution in [-0.2, 0) is 0 Å². The molecule has 0 radical (unpaired) electrons. The number of hydrogen-bond acceptors (Lipinski definition) is 6. The number of nitrogen functional groups attached to an aromatic ring is 3. The van der Waals surface area contributed by atoms with Crippen molar-refractivity contribution in [3.63, 3.8) is 0 Å². The third-order valence-electron chi connectivity index (χ3n) is 2.61. The lowest BCUT2D eigenvalue weighted by molar-refractivity contribution is 0.278. The summed E-state index contributed by atoms with van der Waals surface area (Å²) in [5, 5.41) is 23.7. The minimum absolute atomic E-state index is 0.721. The van der Waals surface area contributed by atoms with Gasteiger partial charge in [-0.15, -0.1) is 0 Å². The summed E-state index contributed by atoms with van der Waals surface area (Å²) in [6.45, 7) is 0. The lowest BCUT2D eigenvalue weighted by Crippen LogP contribution is -2.07.